The lowest BCUT2D eigenvalue weighted by molar-refractivity contribution is 0.0994. The minimum Gasteiger partial charge on any atom is -0.325 e. The normalized spacial score (nSPS) is 40.9. The topological polar surface area (TPSA) is 26.0 Å². The molecule has 1 aromatic carbocycles. The Morgan fingerprint density at radius 1 is 0.905 bits per heavy atom. The van der Waals surface area contributed by atoms with Gasteiger partial charge in [0.05, 0.1) is 0 Å². The number of rotatable bonds is 2. The second-order valence-electron chi connectivity index (χ2n) is 7.88. The van der Waals surface area contributed by atoms with Crippen LogP contribution in [0, 0.1) is 17.8 Å². The third-order valence-electron chi connectivity index (χ3n) is 6.60. The van der Waals surface area contributed by atoms with Crippen LogP contribution in [0.2, 0.25) is 0 Å². The molecule has 0 spiro atoms. The summed E-state index contributed by atoms with van der Waals surface area (Å²) in [6.07, 6.45) is 9.09. The van der Waals surface area contributed by atoms with Crippen molar-refractivity contribution in [2.24, 2.45) is 23.5 Å². The molecule has 3 unspecified atom stereocenters. The number of hydrogen-bond acceptors (Lipinski definition) is 1. The molecule has 2 N–H and O–H groups in total. The Morgan fingerprint density at radius 3 is 2.19 bits per heavy atom. The molecular formula is C20H31N. The molecular weight excluding hydrogens is 254 g/mol. The summed E-state index contributed by atoms with van der Waals surface area (Å²) in [6, 6.07) is 11.0. The summed E-state index contributed by atoms with van der Waals surface area (Å²) >= 11 is 0. The highest BCUT2D eigenvalue weighted by molar-refractivity contribution is 5.20. The van der Waals surface area contributed by atoms with Crippen molar-refractivity contribution in [1.82, 2.24) is 0 Å². The zero-order chi connectivity index (χ0) is 14.9. The van der Waals surface area contributed by atoms with Crippen LogP contribution < -0.4 is 5.73 Å². The van der Waals surface area contributed by atoms with E-state index in [1.165, 1.54) is 50.5 Å². The van der Waals surface area contributed by atoms with Gasteiger partial charge in [-0.15, -0.1) is 0 Å². The van der Waals surface area contributed by atoms with Gasteiger partial charge < -0.3 is 5.73 Å². The van der Waals surface area contributed by atoms with Crippen LogP contribution >= 0.6 is 0 Å². The van der Waals surface area contributed by atoms with E-state index in [0.717, 1.165) is 23.7 Å². The number of nitrogens with two attached hydrogens (primary N) is 1. The van der Waals surface area contributed by atoms with Crippen LogP contribution in [0.3, 0.4) is 0 Å². The van der Waals surface area contributed by atoms with Crippen LogP contribution in [-0.4, -0.2) is 5.54 Å². The summed E-state index contributed by atoms with van der Waals surface area (Å²) in [6.45, 7) is 4.84. The molecule has 0 amide bonds. The summed E-state index contributed by atoms with van der Waals surface area (Å²) < 4.78 is 0. The predicted octanol–water partition coefficient (Wildman–Crippen LogP) is 5.11. The SMILES string of the molecule is CC1CCC(C2(N)CCC(c3ccccc3)CC2)CC1C. The highest BCUT2D eigenvalue weighted by Crippen LogP contribution is 2.46. The van der Waals surface area contributed by atoms with Gasteiger partial charge in [0.1, 0.15) is 0 Å². The molecule has 3 rings (SSSR count). The van der Waals surface area contributed by atoms with E-state index < -0.39 is 0 Å². The van der Waals surface area contributed by atoms with Crippen molar-refractivity contribution in [1.29, 1.82) is 0 Å². The highest BCUT2D eigenvalue weighted by Gasteiger charge is 2.41. The Kier molecular flexibility index (Phi) is 4.40. The average Bonchev–Trinajstić information content (AvgIpc) is 2.51. The first-order valence-corrected chi connectivity index (χ1v) is 8.92. The predicted molar refractivity (Wildman–Crippen MR) is 90.2 cm³/mol. The van der Waals surface area contributed by atoms with Crippen LogP contribution in [0.25, 0.3) is 0 Å². The lowest BCUT2D eigenvalue weighted by atomic mass is 9.62. The Balaban J connectivity index is 1.62. The Labute approximate surface area is 130 Å². The van der Waals surface area contributed by atoms with E-state index in [4.69, 9.17) is 5.73 Å². The molecule has 21 heavy (non-hydrogen) atoms. The molecule has 0 radical (unpaired) electrons. The zero-order valence-corrected chi connectivity index (χ0v) is 13.7. The Morgan fingerprint density at radius 2 is 1.57 bits per heavy atom. The summed E-state index contributed by atoms with van der Waals surface area (Å²) in [7, 11) is 0. The molecule has 2 fully saturated rings. The Hall–Kier alpha value is -0.820. The van der Waals surface area contributed by atoms with Crippen molar-refractivity contribution in [2.75, 3.05) is 0 Å². The van der Waals surface area contributed by atoms with Gasteiger partial charge in [0, 0.05) is 5.54 Å². The first kappa shape index (κ1) is 15.1. The summed E-state index contributed by atoms with van der Waals surface area (Å²) in [5, 5.41) is 0. The fraction of sp³-hybridized carbons (Fsp3) is 0.700. The van der Waals surface area contributed by atoms with Crippen molar-refractivity contribution in [2.45, 2.75) is 70.3 Å². The number of hydrogen-bond donors (Lipinski definition) is 1. The molecule has 0 bridgehead atoms. The molecule has 2 saturated carbocycles. The highest BCUT2D eigenvalue weighted by atomic mass is 14.8. The lowest BCUT2D eigenvalue weighted by Crippen LogP contribution is -2.51. The van der Waals surface area contributed by atoms with Crippen LogP contribution in [0.1, 0.15) is 70.3 Å². The first-order valence-electron chi connectivity index (χ1n) is 8.92. The smallest absolute Gasteiger partial charge is 0.0183 e. The fourth-order valence-corrected chi connectivity index (χ4v) is 4.69. The molecule has 0 aromatic heterocycles. The largest absolute Gasteiger partial charge is 0.325 e. The third-order valence-corrected chi connectivity index (χ3v) is 6.60. The van der Waals surface area contributed by atoms with E-state index in [1.807, 2.05) is 0 Å². The zero-order valence-electron chi connectivity index (χ0n) is 13.7. The molecule has 1 aromatic rings. The third kappa shape index (κ3) is 3.18. The van der Waals surface area contributed by atoms with E-state index in [2.05, 4.69) is 44.2 Å². The van der Waals surface area contributed by atoms with Gasteiger partial charge in [0.15, 0.2) is 0 Å². The first-order chi connectivity index (χ1) is 10.1. The van der Waals surface area contributed by atoms with E-state index in [0.29, 0.717) is 0 Å². The van der Waals surface area contributed by atoms with Crippen molar-refractivity contribution in [3.05, 3.63) is 35.9 Å². The maximum Gasteiger partial charge on any atom is 0.0183 e. The second kappa shape index (κ2) is 6.12. The maximum absolute atomic E-state index is 6.88. The van der Waals surface area contributed by atoms with Crippen molar-refractivity contribution in [3.63, 3.8) is 0 Å². The average molecular weight is 285 g/mol. The molecule has 116 valence electrons. The number of benzene rings is 1. The van der Waals surface area contributed by atoms with Crippen LogP contribution in [0.15, 0.2) is 30.3 Å². The van der Waals surface area contributed by atoms with Gasteiger partial charge in [0.25, 0.3) is 0 Å². The van der Waals surface area contributed by atoms with E-state index in [9.17, 15) is 0 Å². The van der Waals surface area contributed by atoms with Crippen molar-refractivity contribution in [3.8, 4) is 0 Å². The fourth-order valence-electron chi connectivity index (χ4n) is 4.69. The van der Waals surface area contributed by atoms with Gasteiger partial charge in [-0.25, -0.2) is 0 Å². The summed E-state index contributed by atoms with van der Waals surface area (Å²) in [5.41, 5.74) is 8.53. The van der Waals surface area contributed by atoms with Crippen LogP contribution in [0.4, 0.5) is 0 Å². The van der Waals surface area contributed by atoms with Crippen molar-refractivity contribution < 1.29 is 0 Å². The lowest BCUT2D eigenvalue weighted by Gasteiger charge is -2.47. The van der Waals surface area contributed by atoms with Gasteiger partial charge in [-0.05, 0) is 67.8 Å². The monoisotopic (exact) mass is 285 g/mol. The van der Waals surface area contributed by atoms with E-state index >= 15 is 0 Å². The molecule has 1 nitrogen and oxygen atoms in total. The Bertz CT molecular complexity index is 444. The van der Waals surface area contributed by atoms with Crippen molar-refractivity contribution >= 4 is 0 Å². The molecule has 0 saturated heterocycles. The maximum atomic E-state index is 6.88. The molecule has 1 heteroatoms. The standard InChI is InChI=1S/C20H31N/c1-15-8-9-19(14-16(15)2)20(21)12-10-18(11-13-20)17-6-4-3-5-7-17/h3-7,15-16,18-19H,8-14,21H2,1-2H3. The van der Waals surface area contributed by atoms with Gasteiger partial charge in [0.2, 0.25) is 0 Å². The van der Waals surface area contributed by atoms with Gasteiger partial charge in [-0.1, -0.05) is 50.6 Å². The molecule has 0 aliphatic heterocycles. The van der Waals surface area contributed by atoms with Crippen LogP contribution in [-0.2, 0) is 0 Å². The summed E-state index contributed by atoms with van der Waals surface area (Å²) in [5.74, 6) is 3.25. The molecule has 3 atom stereocenters. The van der Waals surface area contributed by atoms with Gasteiger partial charge in [-0.2, -0.15) is 0 Å². The van der Waals surface area contributed by atoms with Gasteiger partial charge >= 0.3 is 0 Å². The van der Waals surface area contributed by atoms with Crippen LogP contribution in [0.5, 0.6) is 0 Å². The van der Waals surface area contributed by atoms with E-state index in [-0.39, 0.29) is 5.54 Å². The minimum atomic E-state index is 0.125. The quantitative estimate of drug-likeness (QED) is 0.802. The minimum absolute atomic E-state index is 0.125. The second-order valence-corrected chi connectivity index (χ2v) is 7.88. The summed E-state index contributed by atoms with van der Waals surface area (Å²) in [4.78, 5) is 0. The van der Waals surface area contributed by atoms with Gasteiger partial charge in [-0.3, -0.25) is 0 Å². The molecule has 2 aliphatic carbocycles. The molecule has 2 aliphatic rings. The van der Waals surface area contributed by atoms with E-state index in [1.54, 1.807) is 0 Å². The molecule has 0 heterocycles.